The molecule has 0 aliphatic heterocycles. The number of thiophene rings is 1. The first-order valence-corrected chi connectivity index (χ1v) is 8.79. The molecule has 0 radical (unpaired) electrons. The molecule has 0 bridgehead atoms. The van der Waals surface area contributed by atoms with Crippen LogP contribution < -0.4 is 0 Å². The second-order valence-corrected chi connectivity index (χ2v) is 7.01. The maximum atomic E-state index is 6.36. The Morgan fingerprint density at radius 2 is 1.87 bits per heavy atom. The molecule has 4 aromatic rings. The summed E-state index contributed by atoms with van der Waals surface area (Å²) < 4.78 is 2.20. The van der Waals surface area contributed by atoms with Gasteiger partial charge in [-0.25, -0.2) is 4.98 Å². The monoisotopic (exact) mass is 358 g/mol. The number of hydrogen-bond donors (Lipinski definition) is 0. The van der Waals surface area contributed by atoms with Gasteiger partial charge in [0.25, 0.3) is 0 Å². The van der Waals surface area contributed by atoms with Crippen LogP contribution in [0.3, 0.4) is 0 Å². The van der Waals surface area contributed by atoms with Crippen molar-refractivity contribution in [2.75, 3.05) is 0 Å². The van der Waals surface area contributed by atoms with Gasteiger partial charge in [-0.15, -0.1) is 11.3 Å². The number of rotatable bonds is 3. The van der Waals surface area contributed by atoms with Crippen LogP contribution in [-0.2, 0) is 6.54 Å². The van der Waals surface area contributed by atoms with Crippen LogP contribution in [0.5, 0.6) is 0 Å². The lowest BCUT2D eigenvalue weighted by Crippen LogP contribution is -2.02. The zero-order valence-corrected chi connectivity index (χ0v) is 14.4. The van der Waals surface area contributed by atoms with Gasteiger partial charge in [0, 0.05) is 10.0 Å². The van der Waals surface area contributed by atoms with Crippen molar-refractivity contribution in [3.63, 3.8) is 0 Å². The molecular weight excluding hydrogens is 347 g/mol. The fourth-order valence-corrected chi connectivity index (χ4v) is 3.84. The van der Waals surface area contributed by atoms with E-state index in [-0.39, 0.29) is 0 Å². The van der Waals surface area contributed by atoms with Crippen molar-refractivity contribution < 1.29 is 0 Å². The largest absolute Gasteiger partial charge is 0.319 e. The molecule has 0 saturated carbocycles. The van der Waals surface area contributed by atoms with E-state index in [9.17, 15) is 0 Å². The van der Waals surface area contributed by atoms with E-state index in [0.717, 1.165) is 27.3 Å². The van der Waals surface area contributed by atoms with Gasteiger partial charge in [-0.2, -0.15) is 0 Å². The van der Waals surface area contributed by atoms with Crippen LogP contribution in [0.2, 0.25) is 10.0 Å². The second kappa shape index (κ2) is 6.00. The number of benzene rings is 2. The van der Waals surface area contributed by atoms with E-state index in [2.05, 4.69) is 22.1 Å². The van der Waals surface area contributed by atoms with Crippen LogP contribution in [0, 0.1) is 0 Å². The highest BCUT2D eigenvalue weighted by Crippen LogP contribution is 2.30. The van der Waals surface area contributed by atoms with E-state index in [0.29, 0.717) is 16.6 Å². The van der Waals surface area contributed by atoms with Gasteiger partial charge in [0.1, 0.15) is 0 Å². The quantitative estimate of drug-likeness (QED) is 0.431. The molecule has 0 atom stereocenters. The Labute approximate surface area is 147 Å². The molecule has 0 fully saturated rings. The molecule has 0 saturated heterocycles. The Balaban J connectivity index is 1.89. The normalized spacial score (nSPS) is 11.2. The molecular formula is C18H12Cl2N2S. The predicted molar refractivity (Wildman–Crippen MR) is 98.6 cm³/mol. The Morgan fingerprint density at radius 1 is 1.00 bits per heavy atom. The van der Waals surface area contributed by atoms with Gasteiger partial charge in [-0.05, 0) is 41.3 Å². The first-order chi connectivity index (χ1) is 11.2. The molecule has 4 rings (SSSR count). The topological polar surface area (TPSA) is 17.8 Å². The minimum absolute atomic E-state index is 0.646. The van der Waals surface area contributed by atoms with Crippen molar-refractivity contribution in [2.24, 2.45) is 0 Å². The van der Waals surface area contributed by atoms with Crippen LogP contribution in [0.25, 0.3) is 21.7 Å². The summed E-state index contributed by atoms with van der Waals surface area (Å²) in [7, 11) is 0. The number of hydrogen-bond acceptors (Lipinski definition) is 2. The zero-order valence-electron chi connectivity index (χ0n) is 12.0. The number of halogens is 2. The number of nitrogens with zero attached hydrogens (tertiary/aromatic N) is 2. The molecule has 0 amide bonds. The average molecular weight is 359 g/mol. The van der Waals surface area contributed by atoms with E-state index >= 15 is 0 Å². The molecule has 114 valence electrons. The van der Waals surface area contributed by atoms with Crippen LogP contribution in [0.15, 0.2) is 60.0 Å². The maximum Gasteiger partial charge on any atom is 0.151 e. The second-order valence-electron chi connectivity index (χ2n) is 5.22. The molecule has 0 N–H and O–H groups in total. The van der Waals surface area contributed by atoms with Crippen molar-refractivity contribution in [3.8, 4) is 10.7 Å². The Hall–Kier alpha value is -1.81. The summed E-state index contributed by atoms with van der Waals surface area (Å²) in [5, 5.41) is 3.38. The summed E-state index contributed by atoms with van der Waals surface area (Å²) in [5.74, 6) is 0.965. The number of imidazole rings is 1. The fourth-order valence-electron chi connectivity index (χ4n) is 2.65. The van der Waals surface area contributed by atoms with Crippen LogP contribution >= 0.6 is 34.5 Å². The van der Waals surface area contributed by atoms with Gasteiger partial charge in [0.05, 0.1) is 22.5 Å². The van der Waals surface area contributed by atoms with E-state index in [1.54, 1.807) is 17.4 Å². The van der Waals surface area contributed by atoms with Crippen molar-refractivity contribution >= 4 is 45.6 Å². The van der Waals surface area contributed by atoms with E-state index in [4.69, 9.17) is 28.2 Å². The molecule has 23 heavy (non-hydrogen) atoms. The first-order valence-electron chi connectivity index (χ1n) is 7.15. The van der Waals surface area contributed by atoms with Crippen molar-refractivity contribution in [1.82, 2.24) is 9.55 Å². The van der Waals surface area contributed by atoms with E-state index in [1.165, 1.54) is 0 Å². The van der Waals surface area contributed by atoms with Gasteiger partial charge in [0.2, 0.25) is 0 Å². The zero-order chi connectivity index (χ0) is 15.8. The Morgan fingerprint density at radius 3 is 2.65 bits per heavy atom. The van der Waals surface area contributed by atoms with Gasteiger partial charge in [-0.3, -0.25) is 0 Å². The van der Waals surface area contributed by atoms with Crippen LogP contribution in [0.4, 0.5) is 0 Å². The number of para-hydroxylation sites is 2. The lowest BCUT2D eigenvalue weighted by Gasteiger charge is -2.10. The molecule has 5 heteroatoms. The van der Waals surface area contributed by atoms with E-state index < -0.39 is 0 Å². The summed E-state index contributed by atoms with van der Waals surface area (Å²) in [4.78, 5) is 5.95. The highest BCUT2D eigenvalue weighted by atomic mass is 35.5. The molecule has 0 spiro atoms. The van der Waals surface area contributed by atoms with Gasteiger partial charge < -0.3 is 4.57 Å². The summed E-state index contributed by atoms with van der Waals surface area (Å²) >= 11 is 14.0. The third-order valence-corrected chi connectivity index (χ3v) is 5.19. The molecule has 2 aromatic carbocycles. The highest BCUT2D eigenvalue weighted by Gasteiger charge is 2.14. The molecule has 0 aliphatic carbocycles. The first kappa shape index (κ1) is 14.8. The molecule has 2 nitrogen and oxygen atoms in total. The molecule has 2 aromatic heterocycles. The standard InChI is InChI=1S/C18H12Cl2N2S/c19-13-8-7-12(14(20)10-13)11-22-16-5-2-1-4-15(16)21-18(22)17-6-3-9-23-17/h1-10H,11H2. The molecule has 0 aliphatic rings. The van der Waals surface area contributed by atoms with Crippen molar-refractivity contribution in [1.29, 1.82) is 0 Å². The summed E-state index contributed by atoms with van der Waals surface area (Å²) in [6, 6.07) is 17.9. The van der Waals surface area contributed by atoms with Crippen molar-refractivity contribution in [2.45, 2.75) is 6.54 Å². The maximum absolute atomic E-state index is 6.36. The lowest BCUT2D eigenvalue weighted by molar-refractivity contribution is 0.836. The third-order valence-electron chi connectivity index (χ3n) is 3.74. The third kappa shape index (κ3) is 2.76. The average Bonchev–Trinajstić information content (AvgIpc) is 3.18. The fraction of sp³-hybridized carbons (Fsp3) is 0.0556. The van der Waals surface area contributed by atoms with Gasteiger partial charge in [-0.1, -0.05) is 47.5 Å². The predicted octanol–water partition coefficient (Wildman–Crippen LogP) is 6.12. The Kier molecular flexibility index (Phi) is 3.85. The SMILES string of the molecule is Clc1ccc(Cn2c(-c3cccs3)nc3ccccc32)c(Cl)c1. The Bertz CT molecular complexity index is 974. The van der Waals surface area contributed by atoms with Crippen molar-refractivity contribution in [3.05, 3.63) is 75.6 Å². The number of fused-ring (bicyclic) bond motifs is 1. The summed E-state index contributed by atoms with van der Waals surface area (Å²) in [6.07, 6.45) is 0. The minimum Gasteiger partial charge on any atom is -0.319 e. The lowest BCUT2D eigenvalue weighted by atomic mass is 10.2. The van der Waals surface area contributed by atoms with Gasteiger partial charge in [0.15, 0.2) is 5.82 Å². The van der Waals surface area contributed by atoms with Crippen LogP contribution in [0.1, 0.15) is 5.56 Å². The van der Waals surface area contributed by atoms with Crippen LogP contribution in [-0.4, -0.2) is 9.55 Å². The smallest absolute Gasteiger partial charge is 0.151 e. The highest BCUT2D eigenvalue weighted by molar-refractivity contribution is 7.13. The molecule has 2 heterocycles. The molecule has 0 unspecified atom stereocenters. The summed E-state index contributed by atoms with van der Waals surface area (Å²) in [6.45, 7) is 0.656. The number of aromatic nitrogens is 2. The van der Waals surface area contributed by atoms with Gasteiger partial charge >= 0.3 is 0 Å². The summed E-state index contributed by atoms with van der Waals surface area (Å²) in [5.41, 5.74) is 3.11. The van der Waals surface area contributed by atoms with E-state index in [1.807, 2.05) is 36.4 Å². The minimum atomic E-state index is 0.646.